The van der Waals surface area contributed by atoms with E-state index in [1.54, 1.807) is 0 Å². The van der Waals surface area contributed by atoms with Crippen molar-refractivity contribution in [2.24, 2.45) is 17.8 Å². The van der Waals surface area contributed by atoms with Crippen LogP contribution in [0.2, 0.25) is 0 Å². The first-order valence-corrected chi connectivity index (χ1v) is 10.7. The van der Waals surface area contributed by atoms with Gasteiger partial charge in [-0.15, -0.1) is 0 Å². The van der Waals surface area contributed by atoms with E-state index in [-0.39, 0.29) is 17.9 Å². The molecule has 2 aliphatic rings. The van der Waals surface area contributed by atoms with Crippen molar-refractivity contribution < 1.29 is 9.59 Å². The highest BCUT2D eigenvalue weighted by Crippen LogP contribution is 2.31. The third-order valence-corrected chi connectivity index (χ3v) is 5.78. The first-order chi connectivity index (χ1) is 12.4. The van der Waals surface area contributed by atoms with E-state index in [9.17, 15) is 9.59 Å². The van der Waals surface area contributed by atoms with Gasteiger partial charge in [-0.1, -0.05) is 40.5 Å². The lowest BCUT2D eigenvalue weighted by molar-refractivity contribution is -0.136. The highest BCUT2D eigenvalue weighted by molar-refractivity contribution is 5.82. The summed E-state index contributed by atoms with van der Waals surface area (Å²) in [6, 6.07) is -0.00740. The summed E-state index contributed by atoms with van der Waals surface area (Å²) in [7, 11) is 0. The number of nitrogens with one attached hydrogen (secondary N) is 1. The molecule has 0 aromatic rings. The Bertz CT molecular complexity index is 450. The molecule has 0 aromatic heterocycles. The van der Waals surface area contributed by atoms with Crippen molar-refractivity contribution in [2.45, 2.75) is 72.3 Å². The van der Waals surface area contributed by atoms with Gasteiger partial charge in [0.15, 0.2) is 0 Å². The molecule has 1 aliphatic heterocycles. The van der Waals surface area contributed by atoms with Crippen LogP contribution >= 0.6 is 0 Å². The summed E-state index contributed by atoms with van der Waals surface area (Å²) < 4.78 is 0. The molecule has 26 heavy (non-hydrogen) atoms. The van der Waals surface area contributed by atoms with Crippen LogP contribution in [0.4, 0.5) is 0 Å². The van der Waals surface area contributed by atoms with Crippen LogP contribution in [-0.4, -0.2) is 60.4 Å². The van der Waals surface area contributed by atoms with E-state index in [2.05, 4.69) is 37.9 Å². The molecule has 0 aromatic carbocycles. The summed E-state index contributed by atoms with van der Waals surface area (Å²) in [4.78, 5) is 29.6. The fourth-order valence-electron chi connectivity index (χ4n) is 4.27. The van der Waals surface area contributed by atoms with Crippen LogP contribution in [0, 0.1) is 17.8 Å². The Morgan fingerprint density at radius 1 is 0.962 bits per heavy atom. The molecule has 2 fully saturated rings. The van der Waals surface area contributed by atoms with Crippen molar-refractivity contribution in [2.75, 3.05) is 32.7 Å². The summed E-state index contributed by atoms with van der Waals surface area (Å²) in [5.74, 6) is 1.96. The smallest absolute Gasteiger partial charge is 0.237 e. The molecule has 2 rings (SSSR count). The summed E-state index contributed by atoms with van der Waals surface area (Å²) in [5.41, 5.74) is 0. The monoisotopic (exact) mass is 365 g/mol. The topological polar surface area (TPSA) is 52.7 Å². The fourth-order valence-corrected chi connectivity index (χ4v) is 4.27. The van der Waals surface area contributed by atoms with Gasteiger partial charge in [-0.3, -0.25) is 14.5 Å². The number of amides is 2. The average Bonchev–Trinajstić information content (AvgIpc) is 3.08. The Morgan fingerprint density at radius 2 is 1.58 bits per heavy atom. The molecule has 1 atom stereocenters. The molecule has 1 saturated heterocycles. The summed E-state index contributed by atoms with van der Waals surface area (Å²) in [6.45, 7) is 12.5. The van der Waals surface area contributed by atoms with Crippen LogP contribution in [0.3, 0.4) is 0 Å². The molecule has 0 spiro atoms. The van der Waals surface area contributed by atoms with E-state index in [1.165, 1.54) is 12.8 Å². The van der Waals surface area contributed by atoms with Gasteiger partial charge < -0.3 is 10.2 Å². The predicted octanol–water partition coefficient (Wildman–Crippen LogP) is 2.90. The summed E-state index contributed by atoms with van der Waals surface area (Å²) in [5, 5.41) is 3.19. The maximum atomic E-state index is 12.9. The normalized spacial score (nSPS) is 20.8. The number of hydrogen-bond donors (Lipinski definition) is 1. The highest BCUT2D eigenvalue weighted by atomic mass is 16.2. The van der Waals surface area contributed by atoms with Gasteiger partial charge >= 0.3 is 0 Å². The molecule has 5 nitrogen and oxygen atoms in total. The predicted molar refractivity (Wildman–Crippen MR) is 106 cm³/mol. The molecule has 1 saturated carbocycles. The van der Waals surface area contributed by atoms with Gasteiger partial charge in [0.2, 0.25) is 11.8 Å². The van der Waals surface area contributed by atoms with Gasteiger partial charge in [0.1, 0.15) is 0 Å². The third-order valence-electron chi connectivity index (χ3n) is 5.78. The first-order valence-electron chi connectivity index (χ1n) is 10.7. The van der Waals surface area contributed by atoms with Crippen LogP contribution in [0.15, 0.2) is 0 Å². The van der Waals surface area contributed by atoms with Crippen LogP contribution in [0.25, 0.3) is 0 Å². The standard InChI is InChI=1S/C21H39N3O2/c1-16(2)9-10-22-21(26)20(18-7-5-6-8-18)24-13-11-23(12-14-24)19(25)15-17(3)4/h16-18,20H,5-15H2,1-4H3,(H,22,26). The lowest BCUT2D eigenvalue weighted by Crippen LogP contribution is -2.58. The zero-order valence-corrected chi connectivity index (χ0v) is 17.3. The van der Waals surface area contributed by atoms with Crippen molar-refractivity contribution >= 4 is 11.8 Å². The zero-order valence-electron chi connectivity index (χ0n) is 17.3. The Kier molecular flexibility index (Phi) is 8.39. The first kappa shape index (κ1) is 21.2. The molecule has 1 aliphatic carbocycles. The minimum absolute atomic E-state index is 0.00740. The average molecular weight is 366 g/mol. The molecular formula is C21H39N3O2. The Balaban J connectivity index is 1.92. The molecule has 150 valence electrons. The number of carbonyl (C=O) groups excluding carboxylic acids is 2. The summed E-state index contributed by atoms with van der Waals surface area (Å²) in [6.07, 6.45) is 6.46. The third kappa shape index (κ3) is 6.26. The van der Waals surface area contributed by atoms with Gasteiger partial charge in [0.05, 0.1) is 6.04 Å². The van der Waals surface area contributed by atoms with Gasteiger partial charge in [0, 0.05) is 39.1 Å². The summed E-state index contributed by atoms with van der Waals surface area (Å²) >= 11 is 0. The molecule has 5 heteroatoms. The van der Waals surface area contributed by atoms with Crippen LogP contribution in [0.5, 0.6) is 0 Å². The fraction of sp³-hybridized carbons (Fsp3) is 0.905. The largest absolute Gasteiger partial charge is 0.355 e. The number of carbonyl (C=O) groups is 2. The van der Waals surface area contributed by atoms with Crippen LogP contribution in [0.1, 0.15) is 66.2 Å². The molecule has 1 heterocycles. The number of hydrogen-bond acceptors (Lipinski definition) is 3. The second-order valence-corrected chi connectivity index (χ2v) is 8.98. The zero-order chi connectivity index (χ0) is 19.1. The maximum Gasteiger partial charge on any atom is 0.237 e. The molecule has 0 bridgehead atoms. The molecule has 0 radical (unpaired) electrons. The van der Waals surface area contributed by atoms with Crippen molar-refractivity contribution in [1.82, 2.24) is 15.1 Å². The second-order valence-electron chi connectivity index (χ2n) is 8.98. The lowest BCUT2D eigenvalue weighted by Gasteiger charge is -2.41. The van der Waals surface area contributed by atoms with Crippen molar-refractivity contribution in [3.8, 4) is 0 Å². The van der Waals surface area contributed by atoms with Crippen LogP contribution < -0.4 is 5.32 Å². The van der Waals surface area contributed by atoms with E-state index in [0.717, 1.165) is 52.0 Å². The van der Waals surface area contributed by atoms with Crippen molar-refractivity contribution in [1.29, 1.82) is 0 Å². The minimum Gasteiger partial charge on any atom is -0.355 e. The van der Waals surface area contributed by atoms with Crippen LogP contribution in [-0.2, 0) is 9.59 Å². The van der Waals surface area contributed by atoms with E-state index < -0.39 is 0 Å². The van der Waals surface area contributed by atoms with E-state index in [0.29, 0.717) is 24.2 Å². The highest BCUT2D eigenvalue weighted by Gasteiger charge is 2.37. The number of piperazine rings is 1. The van der Waals surface area contributed by atoms with E-state index in [4.69, 9.17) is 0 Å². The molecule has 1 N–H and O–H groups in total. The lowest BCUT2D eigenvalue weighted by atomic mass is 9.94. The number of nitrogens with zero attached hydrogens (tertiary/aromatic N) is 2. The minimum atomic E-state index is -0.00740. The van der Waals surface area contributed by atoms with Gasteiger partial charge in [-0.05, 0) is 37.0 Å². The van der Waals surface area contributed by atoms with Crippen molar-refractivity contribution in [3.05, 3.63) is 0 Å². The Morgan fingerprint density at radius 3 is 2.12 bits per heavy atom. The van der Waals surface area contributed by atoms with Gasteiger partial charge in [0.25, 0.3) is 0 Å². The van der Waals surface area contributed by atoms with E-state index >= 15 is 0 Å². The number of rotatable bonds is 8. The van der Waals surface area contributed by atoms with E-state index in [1.807, 2.05) is 4.90 Å². The van der Waals surface area contributed by atoms with Crippen molar-refractivity contribution in [3.63, 3.8) is 0 Å². The molecular weight excluding hydrogens is 326 g/mol. The Labute approximate surface area is 159 Å². The quantitative estimate of drug-likeness (QED) is 0.719. The van der Waals surface area contributed by atoms with Gasteiger partial charge in [-0.2, -0.15) is 0 Å². The second kappa shape index (κ2) is 10.3. The van der Waals surface area contributed by atoms with Gasteiger partial charge in [-0.25, -0.2) is 0 Å². The molecule has 1 unspecified atom stereocenters. The SMILES string of the molecule is CC(C)CCNC(=O)C(C1CCCC1)N1CCN(C(=O)CC(C)C)CC1. The maximum absolute atomic E-state index is 12.9. The Hall–Kier alpha value is -1.10. The molecule has 2 amide bonds.